The monoisotopic (exact) mass is 252 g/mol. The van der Waals surface area contributed by atoms with Crippen LogP contribution >= 0.6 is 22.9 Å². The highest BCUT2D eigenvalue weighted by molar-refractivity contribution is 7.09. The first-order valence-corrected chi connectivity index (χ1v) is 6.44. The van der Waals surface area contributed by atoms with Gasteiger partial charge < -0.3 is 5.11 Å². The fraction of sp³-hybridized carbons (Fsp3) is 0.231. The second-order valence-corrected chi connectivity index (χ2v) is 5.24. The summed E-state index contributed by atoms with van der Waals surface area (Å²) in [7, 11) is 0. The molecule has 0 bridgehead atoms. The van der Waals surface area contributed by atoms with Gasteiger partial charge in [-0.1, -0.05) is 29.8 Å². The van der Waals surface area contributed by atoms with E-state index in [4.69, 9.17) is 11.6 Å². The Bertz CT molecular complexity index is 439. The minimum absolute atomic E-state index is 0.336. The van der Waals surface area contributed by atoms with Crippen LogP contribution in [0.3, 0.4) is 0 Å². The number of aliphatic hydroxyl groups excluding tert-OH is 1. The smallest absolute Gasteiger partial charge is 0.0628 e. The van der Waals surface area contributed by atoms with Crippen molar-refractivity contribution in [2.24, 2.45) is 0 Å². The van der Waals surface area contributed by atoms with Gasteiger partial charge in [0, 0.05) is 16.3 Å². The van der Waals surface area contributed by atoms with E-state index in [2.05, 4.69) is 0 Å². The lowest BCUT2D eigenvalue weighted by Gasteiger charge is -2.09. The summed E-state index contributed by atoms with van der Waals surface area (Å²) in [6.07, 6.45) is 1.03. The molecular weight excluding hydrogens is 240 g/mol. The van der Waals surface area contributed by atoms with Crippen LogP contribution in [0, 0.1) is 0 Å². The molecule has 1 aromatic heterocycles. The summed E-state index contributed by atoms with van der Waals surface area (Å²) < 4.78 is 0. The molecule has 16 heavy (non-hydrogen) atoms. The van der Waals surface area contributed by atoms with Crippen LogP contribution in [-0.2, 0) is 12.8 Å². The van der Waals surface area contributed by atoms with Gasteiger partial charge in [-0.05, 0) is 35.6 Å². The van der Waals surface area contributed by atoms with Crippen LogP contribution in [0.25, 0.3) is 0 Å². The van der Waals surface area contributed by atoms with Gasteiger partial charge in [-0.2, -0.15) is 0 Å². The molecule has 1 nitrogen and oxygen atoms in total. The number of aliphatic hydroxyl groups is 1. The highest BCUT2D eigenvalue weighted by Gasteiger charge is 2.07. The molecule has 0 aliphatic carbocycles. The molecule has 0 fully saturated rings. The molecule has 84 valence electrons. The molecule has 0 aliphatic heterocycles. The molecule has 0 aliphatic rings. The maximum atomic E-state index is 9.93. The Kier molecular flexibility index (Phi) is 3.99. The fourth-order valence-electron chi connectivity index (χ4n) is 1.67. The van der Waals surface area contributed by atoms with Crippen LogP contribution in [0.15, 0.2) is 41.8 Å². The Morgan fingerprint density at radius 2 is 2.06 bits per heavy atom. The largest absolute Gasteiger partial charge is 0.392 e. The summed E-state index contributed by atoms with van der Waals surface area (Å²) >= 11 is 7.57. The summed E-state index contributed by atoms with van der Waals surface area (Å²) in [6, 6.07) is 11.7. The van der Waals surface area contributed by atoms with Gasteiger partial charge in [0.2, 0.25) is 0 Å². The van der Waals surface area contributed by atoms with Crippen LogP contribution < -0.4 is 0 Å². The van der Waals surface area contributed by atoms with Gasteiger partial charge in [-0.15, -0.1) is 11.3 Å². The molecule has 0 saturated carbocycles. The minimum Gasteiger partial charge on any atom is -0.392 e. The van der Waals surface area contributed by atoms with Crippen molar-refractivity contribution in [1.29, 1.82) is 0 Å². The van der Waals surface area contributed by atoms with Gasteiger partial charge in [-0.25, -0.2) is 0 Å². The van der Waals surface area contributed by atoms with Gasteiger partial charge in [0.15, 0.2) is 0 Å². The van der Waals surface area contributed by atoms with Crippen molar-refractivity contribution in [3.8, 4) is 0 Å². The molecular formula is C13H13ClOS. The zero-order valence-corrected chi connectivity index (χ0v) is 10.3. The van der Waals surface area contributed by atoms with Crippen LogP contribution in [-0.4, -0.2) is 11.2 Å². The predicted molar refractivity (Wildman–Crippen MR) is 69.2 cm³/mol. The number of thiophene rings is 1. The third-order valence-electron chi connectivity index (χ3n) is 2.38. The van der Waals surface area contributed by atoms with E-state index in [1.54, 1.807) is 11.3 Å². The van der Waals surface area contributed by atoms with Gasteiger partial charge in [0.25, 0.3) is 0 Å². The molecule has 3 heteroatoms. The van der Waals surface area contributed by atoms with Gasteiger partial charge in [0.05, 0.1) is 6.10 Å². The first-order chi connectivity index (χ1) is 7.74. The second-order valence-electron chi connectivity index (χ2n) is 3.77. The van der Waals surface area contributed by atoms with E-state index in [-0.39, 0.29) is 6.10 Å². The summed E-state index contributed by atoms with van der Waals surface area (Å²) in [5, 5.41) is 12.7. The molecule has 0 amide bonds. The first-order valence-electron chi connectivity index (χ1n) is 5.19. The minimum atomic E-state index is -0.336. The molecule has 1 heterocycles. The van der Waals surface area contributed by atoms with Gasteiger partial charge >= 0.3 is 0 Å². The Labute approximate surface area is 104 Å². The number of rotatable bonds is 4. The van der Waals surface area contributed by atoms with Crippen molar-refractivity contribution < 1.29 is 5.11 Å². The summed E-state index contributed by atoms with van der Waals surface area (Å²) in [4.78, 5) is 1.22. The van der Waals surface area contributed by atoms with Crippen molar-refractivity contribution in [2.75, 3.05) is 0 Å². The fourth-order valence-corrected chi connectivity index (χ4v) is 2.66. The molecule has 2 aromatic rings. The lowest BCUT2D eigenvalue weighted by molar-refractivity contribution is 0.176. The zero-order valence-electron chi connectivity index (χ0n) is 8.77. The molecule has 1 aromatic carbocycles. The molecule has 2 rings (SSSR count). The third-order valence-corrected chi connectivity index (χ3v) is 3.51. The summed E-state index contributed by atoms with van der Waals surface area (Å²) in [5.74, 6) is 0. The molecule has 1 unspecified atom stereocenters. The van der Waals surface area contributed by atoms with Crippen molar-refractivity contribution in [3.05, 3.63) is 57.2 Å². The van der Waals surface area contributed by atoms with E-state index < -0.39 is 0 Å². The first kappa shape index (κ1) is 11.6. The lowest BCUT2D eigenvalue weighted by atomic mass is 10.1. The second kappa shape index (κ2) is 5.48. The molecule has 1 N–H and O–H groups in total. The molecule has 0 radical (unpaired) electrons. The highest BCUT2D eigenvalue weighted by Crippen LogP contribution is 2.16. The zero-order chi connectivity index (χ0) is 11.4. The average molecular weight is 253 g/mol. The topological polar surface area (TPSA) is 20.2 Å². The number of halogens is 1. The summed E-state index contributed by atoms with van der Waals surface area (Å²) in [6.45, 7) is 0. The van der Waals surface area contributed by atoms with Crippen LogP contribution in [0.4, 0.5) is 0 Å². The van der Waals surface area contributed by atoms with E-state index in [1.165, 1.54) is 4.88 Å². The van der Waals surface area contributed by atoms with E-state index in [0.29, 0.717) is 12.8 Å². The van der Waals surface area contributed by atoms with E-state index in [9.17, 15) is 5.11 Å². The van der Waals surface area contributed by atoms with Crippen LogP contribution in [0.1, 0.15) is 10.4 Å². The maximum Gasteiger partial charge on any atom is 0.0628 e. The standard InChI is InChI=1S/C13H13ClOS/c14-11-4-1-3-10(7-11)8-12(15)9-13-5-2-6-16-13/h1-7,12,15H,8-9H2. The Balaban J connectivity index is 1.94. The predicted octanol–water partition coefficient (Wildman–Crippen LogP) is 3.55. The van der Waals surface area contributed by atoms with Crippen molar-refractivity contribution in [1.82, 2.24) is 0 Å². The highest BCUT2D eigenvalue weighted by atomic mass is 35.5. The van der Waals surface area contributed by atoms with E-state index in [1.807, 2.05) is 41.8 Å². The Hall–Kier alpha value is -0.830. The van der Waals surface area contributed by atoms with Crippen LogP contribution in [0.2, 0.25) is 5.02 Å². The lowest BCUT2D eigenvalue weighted by Crippen LogP contribution is -2.13. The van der Waals surface area contributed by atoms with E-state index >= 15 is 0 Å². The normalized spacial score (nSPS) is 12.6. The number of hydrogen-bond acceptors (Lipinski definition) is 2. The average Bonchev–Trinajstić information content (AvgIpc) is 2.70. The molecule has 0 spiro atoms. The quantitative estimate of drug-likeness (QED) is 0.882. The van der Waals surface area contributed by atoms with E-state index in [0.717, 1.165) is 10.6 Å². The Morgan fingerprint density at radius 3 is 2.75 bits per heavy atom. The third kappa shape index (κ3) is 3.34. The summed E-state index contributed by atoms with van der Waals surface area (Å²) in [5.41, 5.74) is 1.08. The molecule has 1 atom stereocenters. The van der Waals surface area contributed by atoms with Crippen molar-refractivity contribution in [3.63, 3.8) is 0 Å². The van der Waals surface area contributed by atoms with Crippen LogP contribution in [0.5, 0.6) is 0 Å². The van der Waals surface area contributed by atoms with Crippen molar-refractivity contribution in [2.45, 2.75) is 18.9 Å². The Morgan fingerprint density at radius 1 is 1.19 bits per heavy atom. The number of hydrogen-bond donors (Lipinski definition) is 1. The molecule has 0 saturated heterocycles. The van der Waals surface area contributed by atoms with Gasteiger partial charge in [0.1, 0.15) is 0 Å². The SMILES string of the molecule is OC(Cc1cccc(Cl)c1)Cc1cccs1. The maximum absolute atomic E-state index is 9.93. The van der Waals surface area contributed by atoms with Gasteiger partial charge in [-0.3, -0.25) is 0 Å². The number of benzene rings is 1. The van der Waals surface area contributed by atoms with Crippen molar-refractivity contribution >= 4 is 22.9 Å².